The first-order valence-electron chi connectivity index (χ1n) is 32.9. The predicted molar refractivity (Wildman–Crippen MR) is 324 cm³/mol. The van der Waals surface area contributed by atoms with Gasteiger partial charge in [0.2, 0.25) is 5.91 Å². The van der Waals surface area contributed by atoms with E-state index < -0.39 is 49.5 Å². The molecule has 456 valence electrons. The van der Waals surface area contributed by atoms with Crippen molar-refractivity contribution in [3.05, 3.63) is 48.6 Å². The normalized spacial score (nSPS) is 18.8. The van der Waals surface area contributed by atoms with Crippen LogP contribution < -0.4 is 5.32 Å². The number of amides is 1. The predicted octanol–water partition coefficient (Wildman–Crippen LogP) is 16.0. The molecule has 0 bridgehead atoms. The lowest BCUT2D eigenvalue weighted by Crippen LogP contribution is -2.60. The summed E-state index contributed by atoms with van der Waals surface area (Å²) in [5, 5.41) is 54.2. The lowest BCUT2D eigenvalue weighted by atomic mass is 9.99. The topological polar surface area (TPSA) is 175 Å². The van der Waals surface area contributed by atoms with Gasteiger partial charge in [-0.1, -0.05) is 249 Å². The molecule has 1 fully saturated rings. The van der Waals surface area contributed by atoms with E-state index in [1.807, 2.05) is 6.08 Å². The van der Waals surface area contributed by atoms with E-state index in [2.05, 4.69) is 55.6 Å². The molecule has 1 aliphatic rings. The summed E-state index contributed by atoms with van der Waals surface area (Å²) in [5.41, 5.74) is 0. The molecule has 0 saturated carbocycles. The SMILES string of the molecule is CCCCCC/C=C\C/C=C\CCCCCCCCCC(=O)OCCCCCCCCCCCCCC/C=C\CCCCCCCCCC(=O)NC(COC1OC(CO)C(O)C(O)C1O)C(O)/C=C/CCCCCCCCC. The molecule has 11 heteroatoms. The highest BCUT2D eigenvalue weighted by molar-refractivity contribution is 5.76. The average Bonchev–Trinajstić information content (AvgIpc) is 3.44. The lowest BCUT2D eigenvalue weighted by molar-refractivity contribution is -0.302. The maximum atomic E-state index is 13.0. The highest BCUT2D eigenvalue weighted by Gasteiger charge is 2.44. The fraction of sp³-hybridized carbons (Fsp3) is 0.851. The summed E-state index contributed by atoms with van der Waals surface area (Å²) in [4.78, 5) is 25.1. The van der Waals surface area contributed by atoms with E-state index in [4.69, 9.17) is 14.2 Å². The third-order valence-electron chi connectivity index (χ3n) is 15.4. The van der Waals surface area contributed by atoms with Gasteiger partial charge in [0.1, 0.15) is 24.4 Å². The van der Waals surface area contributed by atoms with Crippen molar-refractivity contribution in [2.24, 2.45) is 0 Å². The molecule has 78 heavy (non-hydrogen) atoms. The quantitative estimate of drug-likeness (QED) is 0.0195. The van der Waals surface area contributed by atoms with E-state index in [0.717, 1.165) is 83.5 Å². The summed E-state index contributed by atoms with van der Waals surface area (Å²) in [6.07, 6.45) is 62.3. The second-order valence-corrected chi connectivity index (χ2v) is 22.8. The summed E-state index contributed by atoms with van der Waals surface area (Å²) in [6.45, 7) is 4.30. The van der Waals surface area contributed by atoms with Crippen LogP contribution in [0.15, 0.2) is 48.6 Å². The summed E-state index contributed by atoms with van der Waals surface area (Å²) in [7, 11) is 0. The molecule has 0 aliphatic carbocycles. The van der Waals surface area contributed by atoms with E-state index in [0.29, 0.717) is 19.4 Å². The Balaban J connectivity index is 1.96. The van der Waals surface area contributed by atoms with Crippen LogP contribution in [0.4, 0.5) is 0 Å². The number of unbranched alkanes of at least 4 members (excludes halogenated alkanes) is 37. The molecule has 7 atom stereocenters. The minimum Gasteiger partial charge on any atom is -0.466 e. The van der Waals surface area contributed by atoms with Gasteiger partial charge in [0, 0.05) is 12.8 Å². The Morgan fingerprint density at radius 2 is 0.859 bits per heavy atom. The molecule has 1 saturated heterocycles. The van der Waals surface area contributed by atoms with Crippen LogP contribution in [-0.4, -0.2) is 100 Å². The number of carbonyl (C=O) groups is 2. The van der Waals surface area contributed by atoms with Gasteiger partial charge >= 0.3 is 5.97 Å². The van der Waals surface area contributed by atoms with Gasteiger partial charge in [-0.2, -0.15) is 0 Å². The zero-order chi connectivity index (χ0) is 56.6. The number of aliphatic hydroxyl groups excluding tert-OH is 5. The number of esters is 1. The zero-order valence-corrected chi connectivity index (χ0v) is 50.4. The summed E-state index contributed by atoms with van der Waals surface area (Å²) in [5.74, 6) is -0.198. The van der Waals surface area contributed by atoms with E-state index in [-0.39, 0.29) is 18.5 Å². The second kappa shape index (κ2) is 56.5. The largest absolute Gasteiger partial charge is 0.466 e. The molecule has 7 unspecified atom stereocenters. The third-order valence-corrected chi connectivity index (χ3v) is 15.4. The van der Waals surface area contributed by atoms with Gasteiger partial charge in [-0.3, -0.25) is 9.59 Å². The van der Waals surface area contributed by atoms with Crippen LogP contribution in [0.5, 0.6) is 0 Å². The number of hydrogen-bond acceptors (Lipinski definition) is 10. The summed E-state index contributed by atoms with van der Waals surface area (Å²) >= 11 is 0. The van der Waals surface area contributed by atoms with Gasteiger partial charge in [0.25, 0.3) is 0 Å². The van der Waals surface area contributed by atoms with Crippen molar-refractivity contribution in [1.82, 2.24) is 5.32 Å². The Morgan fingerprint density at radius 3 is 1.32 bits per heavy atom. The van der Waals surface area contributed by atoms with Crippen LogP contribution in [-0.2, 0) is 23.8 Å². The maximum Gasteiger partial charge on any atom is 0.305 e. The van der Waals surface area contributed by atoms with Crippen molar-refractivity contribution in [3.63, 3.8) is 0 Å². The van der Waals surface area contributed by atoms with Crippen LogP contribution in [0.3, 0.4) is 0 Å². The van der Waals surface area contributed by atoms with E-state index in [1.54, 1.807) is 6.08 Å². The Bertz CT molecular complexity index is 1430. The van der Waals surface area contributed by atoms with E-state index in [9.17, 15) is 35.1 Å². The number of carbonyl (C=O) groups excluding carboxylic acids is 2. The van der Waals surface area contributed by atoms with Crippen LogP contribution in [0.2, 0.25) is 0 Å². The number of aliphatic hydroxyl groups is 5. The number of nitrogens with one attached hydrogen (secondary N) is 1. The second-order valence-electron chi connectivity index (χ2n) is 22.8. The van der Waals surface area contributed by atoms with Gasteiger partial charge < -0.3 is 45.1 Å². The molecule has 0 aromatic rings. The first-order valence-corrected chi connectivity index (χ1v) is 32.9. The summed E-state index contributed by atoms with van der Waals surface area (Å²) in [6, 6.07) is -0.814. The smallest absolute Gasteiger partial charge is 0.305 e. The molecule has 1 heterocycles. The number of ether oxygens (including phenoxy) is 3. The highest BCUT2D eigenvalue weighted by atomic mass is 16.7. The average molecular weight is 1100 g/mol. The Hall–Kier alpha value is -2.38. The highest BCUT2D eigenvalue weighted by Crippen LogP contribution is 2.23. The van der Waals surface area contributed by atoms with Crippen molar-refractivity contribution in [2.45, 2.75) is 346 Å². The first-order chi connectivity index (χ1) is 38.2. The maximum absolute atomic E-state index is 13.0. The molecule has 6 N–H and O–H groups in total. The molecular weight excluding hydrogens is 979 g/mol. The Morgan fingerprint density at radius 1 is 0.474 bits per heavy atom. The Labute approximate surface area is 478 Å². The Kier molecular flexibility index (Phi) is 53.3. The van der Waals surface area contributed by atoms with Crippen molar-refractivity contribution in [1.29, 1.82) is 0 Å². The van der Waals surface area contributed by atoms with Gasteiger partial charge in [0.05, 0.1) is 32.0 Å². The molecule has 0 aromatic heterocycles. The zero-order valence-electron chi connectivity index (χ0n) is 50.4. The molecule has 0 spiro atoms. The summed E-state index contributed by atoms with van der Waals surface area (Å²) < 4.78 is 16.7. The molecule has 0 radical (unpaired) electrons. The van der Waals surface area contributed by atoms with Gasteiger partial charge in [-0.25, -0.2) is 0 Å². The molecule has 1 amide bonds. The fourth-order valence-corrected chi connectivity index (χ4v) is 10.2. The molecule has 1 rings (SSSR count). The molecular formula is C67H123NO10. The number of rotatable bonds is 57. The van der Waals surface area contributed by atoms with Crippen LogP contribution >= 0.6 is 0 Å². The minimum absolute atomic E-state index is 0.00788. The third kappa shape index (κ3) is 45.3. The van der Waals surface area contributed by atoms with Gasteiger partial charge in [-0.05, 0) is 89.9 Å². The molecule has 0 aromatic carbocycles. The van der Waals surface area contributed by atoms with E-state index >= 15 is 0 Å². The van der Waals surface area contributed by atoms with Crippen molar-refractivity contribution in [3.8, 4) is 0 Å². The molecule has 1 aliphatic heterocycles. The van der Waals surface area contributed by atoms with Crippen LogP contribution in [0.25, 0.3) is 0 Å². The standard InChI is InChI=1S/C67H123NO10/c1-3-5-7-9-11-13-14-15-16-17-26-29-32-35-39-43-47-51-55-63(72)76-56-52-48-44-40-36-33-30-27-24-22-20-18-19-21-23-25-28-31-34-38-42-46-50-54-62(71)68-59(60(70)53-49-45-41-37-12-10-8-6-4-2)58-77-67-66(75)65(74)64(73)61(57-69)78-67/h13-14,16-17,21,23,49,53,59-61,64-67,69-70,73-75H,3-12,15,18-20,22,24-48,50-52,54-58H2,1-2H3,(H,68,71)/b14-13-,17-16-,23-21-,53-49+. The number of hydrogen-bond donors (Lipinski definition) is 6. The van der Waals surface area contributed by atoms with Crippen molar-refractivity contribution >= 4 is 11.9 Å². The van der Waals surface area contributed by atoms with Crippen LogP contribution in [0, 0.1) is 0 Å². The number of allylic oxidation sites excluding steroid dienone is 7. The monoisotopic (exact) mass is 1100 g/mol. The van der Waals surface area contributed by atoms with E-state index in [1.165, 1.54) is 193 Å². The molecule has 11 nitrogen and oxygen atoms in total. The van der Waals surface area contributed by atoms with Crippen LogP contribution in [0.1, 0.15) is 303 Å². The fourth-order valence-electron chi connectivity index (χ4n) is 10.2. The van der Waals surface area contributed by atoms with Gasteiger partial charge in [-0.15, -0.1) is 0 Å². The van der Waals surface area contributed by atoms with Crippen molar-refractivity contribution in [2.75, 3.05) is 19.8 Å². The lowest BCUT2D eigenvalue weighted by Gasteiger charge is -2.40. The first kappa shape index (κ1) is 73.6. The minimum atomic E-state index is -1.57. The van der Waals surface area contributed by atoms with Gasteiger partial charge in [0.15, 0.2) is 6.29 Å². The van der Waals surface area contributed by atoms with Crippen molar-refractivity contribution < 1.29 is 49.3 Å².